The smallest absolute Gasteiger partial charge is 0.220 e. The van der Waals surface area contributed by atoms with E-state index < -0.39 is 0 Å². The van der Waals surface area contributed by atoms with E-state index in [1.54, 1.807) is 0 Å². The van der Waals surface area contributed by atoms with Gasteiger partial charge in [0.1, 0.15) is 0 Å². The summed E-state index contributed by atoms with van der Waals surface area (Å²) in [6.07, 6.45) is 4.07. The summed E-state index contributed by atoms with van der Waals surface area (Å²) >= 11 is 0. The molecule has 1 atom stereocenters. The number of amides is 1. The molecule has 1 fully saturated rings. The molecule has 13 heavy (non-hydrogen) atoms. The molecule has 0 saturated heterocycles. The number of carbonyl (C=O) groups excluding carboxylic acids is 1. The molecule has 1 aliphatic carbocycles. The van der Waals surface area contributed by atoms with E-state index in [2.05, 4.69) is 12.2 Å². The van der Waals surface area contributed by atoms with Crippen molar-refractivity contribution in [2.24, 2.45) is 17.6 Å². The van der Waals surface area contributed by atoms with Gasteiger partial charge in [0.05, 0.1) is 0 Å². The number of hydrogen-bond donors (Lipinski definition) is 2. The fourth-order valence-electron chi connectivity index (χ4n) is 1.46. The van der Waals surface area contributed by atoms with Gasteiger partial charge in [-0.15, -0.1) is 0 Å². The monoisotopic (exact) mass is 184 g/mol. The van der Waals surface area contributed by atoms with Gasteiger partial charge in [-0.25, -0.2) is 0 Å². The van der Waals surface area contributed by atoms with Gasteiger partial charge in [0.15, 0.2) is 0 Å². The first-order chi connectivity index (χ1) is 6.24. The Kier molecular flexibility index (Phi) is 4.22. The van der Waals surface area contributed by atoms with Gasteiger partial charge in [-0.2, -0.15) is 0 Å². The lowest BCUT2D eigenvalue weighted by Crippen LogP contribution is -2.29. The van der Waals surface area contributed by atoms with Gasteiger partial charge < -0.3 is 11.1 Å². The Morgan fingerprint density at radius 3 is 2.85 bits per heavy atom. The lowest BCUT2D eigenvalue weighted by atomic mass is 10.1. The zero-order valence-corrected chi connectivity index (χ0v) is 8.38. The standard InChI is InChI=1S/C10H20N2O/c1-8(9-4-5-9)7-12-10(13)3-2-6-11/h8-9H,2-7,11H2,1H3,(H,12,13). The predicted molar refractivity (Wildman–Crippen MR) is 53.2 cm³/mol. The summed E-state index contributed by atoms with van der Waals surface area (Å²) in [5.41, 5.74) is 5.31. The summed E-state index contributed by atoms with van der Waals surface area (Å²) in [5.74, 6) is 1.68. The van der Waals surface area contributed by atoms with E-state index in [1.807, 2.05) is 0 Å². The van der Waals surface area contributed by atoms with Crippen LogP contribution in [0.3, 0.4) is 0 Å². The molecule has 0 heterocycles. The summed E-state index contributed by atoms with van der Waals surface area (Å²) < 4.78 is 0. The third kappa shape index (κ3) is 4.27. The van der Waals surface area contributed by atoms with Crippen LogP contribution in [-0.4, -0.2) is 19.0 Å². The minimum atomic E-state index is 0.151. The quantitative estimate of drug-likeness (QED) is 0.644. The van der Waals surface area contributed by atoms with Gasteiger partial charge in [-0.3, -0.25) is 4.79 Å². The minimum absolute atomic E-state index is 0.151. The molecule has 0 spiro atoms. The molecule has 3 heteroatoms. The zero-order valence-electron chi connectivity index (χ0n) is 8.38. The van der Waals surface area contributed by atoms with Crippen LogP contribution in [0.1, 0.15) is 32.6 Å². The molecule has 1 saturated carbocycles. The molecule has 1 rings (SSSR count). The van der Waals surface area contributed by atoms with E-state index in [-0.39, 0.29) is 5.91 Å². The van der Waals surface area contributed by atoms with Crippen molar-refractivity contribution in [3.8, 4) is 0 Å². The Morgan fingerprint density at radius 1 is 1.62 bits per heavy atom. The van der Waals surface area contributed by atoms with Crippen molar-refractivity contribution >= 4 is 5.91 Å². The molecule has 1 amide bonds. The van der Waals surface area contributed by atoms with Crippen molar-refractivity contribution < 1.29 is 4.79 Å². The first-order valence-corrected chi connectivity index (χ1v) is 5.20. The van der Waals surface area contributed by atoms with Crippen molar-refractivity contribution in [3.63, 3.8) is 0 Å². The number of nitrogens with one attached hydrogen (secondary N) is 1. The average Bonchev–Trinajstić information content (AvgIpc) is 2.93. The van der Waals surface area contributed by atoms with Crippen LogP contribution in [-0.2, 0) is 4.79 Å². The second-order valence-corrected chi connectivity index (χ2v) is 4.01. The minimum Gasteiger partial charge on any atom is -0.356 e. The molecule has 0 aromatic carbocycles. The molecule has 3 N–H and O–H groups in total. The first kappa shape index (κ1) is 10.5. The Hall–Kier alpha value is -0.570. The molecule has 76 valence electrons. The third-order valence-corrected chi connectivity index (χ3v) is 2.66. The molecular formula is C10H20N2O. The maximum Gasteiger partial charge on any atom is 0.220 e. The summed E-state index contributed by atoms with van der Waals surface area (Å²) in [5, 5.41) is 2.94. The second kappa shape index (κ2) is 5.22. The van der Waals surface area contributed by atoms with E-state index in [4.69, 9.17) is 5.73 Å². The normalized spacial score (nSPS) is 18.3. The van der Waals surface area contributed by atoms with Crippen LogP contribution < -0.4 is 11.1 Å². The molecule has 0 aliphatic heterocycles. The van der Waals surface area contributed by atoms with E-state index in [0.717, 1.165) is 18.9 Å². The Balaban J connectivity index is 2.00. The highest BCUT2D eigenvalue weighted by molar-refractivity contribution is 5.75. The molecule has 0 aromatic heterocycles. The Morgan fingerprint density at radius 2 is 2.31 bits per heavy atom. The zero-order chi connectivity index (χ0) is 9.68. The molecule has 1 unspecified atom stereocenters. The average molecular weight is 184 g/mol. The van der Waals surface area contributed by atoms with Crippen molar-refractivity contribution in [1.29, 1.82) is 0 Å². The van der Waals surface area contributed by atoms with Crippen molar-refractivity contribution in [2.45, 2.75) is 32.6 Å². The van der Waals surface area contributed by atoms with Crippen molar-refractivity contribution in [1.82, 2.24) is 5.32 Å². The van der Waals surface area contributed by atoms with Gasteiger partial charge in [-0.05, 0) is 37.6 Å². The van der Waals surface area contributed by atoms with Crippen molar-refractivity contribution in [3.05, 3.63) is 0 Å². The van der Waals surface area contributed by atoms with E-state index in [0.29, 0.717) is 18.9 Å². The molecule has 0 aromatic rings. The highest BCUT2D eigenvalue weighted by Gasteiger charge is 2.27. The molecule has 0 radical (unpaired) electrons. The highest BCUT2D eigenvalue weighted by Crippen LogP contribution is 2.35. The summed E-state index contributed by atoms with van der Waals surface area (Å²) in [4.78, 5) is 11.2. The van der Waals surface area contributed by atoms with Crippen molar-refractivity contribution in [2.75, 3.05) is 13.1 Å². The van der Waals surface area contributed by atoms with E-state index in [1.165, 1.54) is 12.8 Å². The van der Waals surface area contributed by atoms with Gasteiger partial charge in [0.25, 0.3) is 0 Å². The lowest BCUT2D eigenvalue weighted by molar-refractivity contribution is -0.121. The van der Waals surface area contributed by atoms with Gasteiger partial charge >= 0.3 is 0 Å². The fraction of sp³-hybridized carbons (Fsp3) is 0.900. The van der Waals surface area contributed by atoms with E-state index in [9.17, 15) is 4.79 Å². The van der Waals surface area contributed by atoms with Gasteiger partial charge in [0, 0.05) is 13.0 Å². The lowest BCUT2D eigenvalue weighted by Gasteiger charge is -2.10. The third-order valence-electron chi connectivity index (χ3n) is 2.66. The number of carbonyl (C=O) groups is 1. The highest BCUT2D eigenvalue weighted by atomic mass is 16.1. The van der Waals surface area contributed by atoms with Gasteiger partial charge in [-0.1, -0.05) is 6.92 Å². The number of nitrogens with two attached hydrogens (primary N) is 1. The predicted octanol–water partition coefficient (Wildman–Crippen LogP) is 0.888. The van der Waals surface area contributed by atoms with E-state index >= 15 is 0 Å². The van der Waals surface area contributed by atoms with Crippen LogP contribution >= 0.6 is 0 Å². The van der Waals surface area contributed by atoms with Gasteiger partial charge in [0.2, 0.25) is 5.91 Å². The summed E-state index contributed by atoms with van der Waals surface area (Å²) in [7, 11) is 0. The molecule has 1 aliphatic rings. The first-order valence-electron chi connectivity index (χ1n) is 5.20. The fourth-order valence-corrected chi connectivity index (χ4v) is 1.46. The van der Waals surface area contributed by atoms with Crippen LogP contribution in [0.25, 0.3) is 0 Å². The van der Waals surface area contributed by atoms with Crippen LogP contribution in [0.4, 0.5) is 0 Å². The molecule has 0 bridgehead atoms. The maximum atomic E-state index is 11.2. The van der Waals surface area contributed by atoms with Crippen LogP contribution in [0.5, 0.6) is 0 Å². The second-order valence-electron chi connectivity index (χ2n) is 4.01. The Labute approximate surface area is 80.1 Å². The van der Waals surface area contributed by atoms with Crippen LogP contribution in [0.2, 0.25) is 0 Å². The SMILES string of the molecule is CC(CNC(=O)CCCN)C1CC1. The Bertz CT molecular complexity index is 166. The van der Waals surface area contributed by atoms with Crippen LogP contribution in [0, 0.1) is 11.8 Å². The largest absolute Gasteiger partial charge is 0.356 e. The summed E-state index contributed by atoms with van der Waals surface area (Å²) in [6, 6.07) is 0. The molecular weight excluding hydrogens is 164 g/mol. The molecule has 3 nitrogen and oxygen atoms in total. The topological polar surface area (TPSA) is 55.1 Å². The van der Waals surface area contributed by atoms with Crippen LogP contribution in [0.15, 0.2) is 0 Å². The number of hydrogen-bond acceptors (Lipinski definition) is 2. The summed E-state index contributed by atoms with van der Waals surface area (Å²) in [6.45, 7) is 3.65. The number of rotatable bonds is 6. The maximum absolute atomic E-state index is 11.2.